The molecular formula is C26H24N2O6S. The first-order chi connectivity index (χ1) is 16.7. The monoisotopic (exact) mass is 492 g/mol. The van der Waals surface area contributed by atoms with Crippen molar-refractivity contribution in [1.82, 2.24) is 4.31 Å². The minimum Gasteiger partial charge on any atom is -0.497 e. The average Bonchev–Trinajstić information content (AvgIpc) is 2.88. The van der Waals surface area contributed by atoms with Gasteiger partial charge >= 0.3 is 5.97 Å². The summed E-state index contributed by atoms with van der Waals surface area (Å²) < 4.78 is 41.5. The summed E-state index contributed by atoms with van der Waals surface area (Å²) in [5.41, 5.74) is 2.02. The van der Waals surface area contributed by atoms with Crippen LogP contribution in [0, 0.1) is 11.3 Å². The second-order valence-electron chi connectivity index (χ2n) is 7.51. The smallest absolute Gasteiger partial charge is 0.343 e. The number of benzene rings is 3. The molecule has 0 aliphatic rings. The van der Waals surface area contributed by atoms with Crippen LogP contribution in [0.2, 0.25) is 0 Å². The van der Waals surface area contributed by atoms with Crippen molar-refractivity contribution < 1.29 is 27.4 Å². The molecule has 0 heterocycles. The third-order valence-corrected chi connectivity index (χ3v) is 6.92. The summed E-state index contributed by atoms with van der Waals surface area (Å²) in [6.07, 6.45) is 1.69. The Hall–Kier alpha value is -4.13. The van der Waals surface area contributed by atoms with Crippen molar-refractivity contribution in [2.75, 3.05) is 28.3 Å². The summed E-state index contributed by atoms with van der Waals surface area (Å²) in [5, 5.41) is 9.60. The van der Waals surface area contributed by atoms with Gasteiger partial charge in [0.2, 0.25) is 10.0 Å². The number of carbonyl (C=O) groups excluding carboxylic acids is 1. The van der Waals surface area contributed by atoms with Crippen LogP contribution in [0.15, 0.2) is 71.6 Å². The molecule has 180 valence electrons. The highest BCUT2D eigenvalue weighted by atomic mass is 32.2. The number of ether oxygens (including phenoxy) is 3. The van der Waals surface area contributed by atoms with E-state index >= 15 is 0 Å². The fourth-order valence-electron chi connectivity index (χ4n) is 3.11. The molecule has 8 nitrogen and oxygen atoms in total. The summed E-state index contributed by atoms with van der Waals surface area (Å²) in [6, 6.07) is 19.7. The zero-order chi connectivity index (χ0) is 25.6. The van der Waals surface area contributed by atoms with E-state index < -0.39 is 16.0 Å². The largest absolute Gasteiger partial charge is 0.497 e. The third-order valence-electron chi connectivity index (χ3n) is 5.09. The number of allylic oxidation sites excluding steroid dienone is 1. The SMILES string of the molecule is COc1ccc(/C(C#N)=C\c2ccc(OC(=O)c3ccc(S(=O)(=O)N(C)C)cc3)c(OC)c2)cc1. The molecule has 0 aromatic heterocycles. The maximum atomic E-state index is 12.6. The second-order valence-corrected chi connectivity index (χ2v) is 9.66. The zero-order valence-electron chi connectivity index (χ0n) is 19.7. The van der Waals surface area contributed by atoms with Gasteiger partial charge in [0.1, 0.15) is 5.75 Å². The Morgan fingerprint density at radius 3 is 2.06 bits per heavy atom. The summed E-state index contributed by atoms with van der Waals surface area (Å²) in [4.78, 5) is 12.7. The molecule has 3 aromatic carbocycles. The van der Waals surface area contributed by atoms with Gasteiger partial charge in [-0.15, -0.1) is 0 Å². The lowest BCUT2D eigenvalue weighted by Crippen LogP contribution is -2.22. The molecule has 0 aliphatic carbocycles. The van der Waals surface area contributed by atoms with Gasteiger partial charge in [0.15, 0.2) is 11.5 Å². The van der Waals surface area contributed by atoms with Gasteiger partial charge in [-0.1, -0.05) is 6.07 Å². The normalized spacial score (nSPS) is 11.6. The summed E-state index contributed by atoms with van der Waals surface area (Å²) in [6.45, 7) is 0. The van der Waals surface area contributed by atoms with Crippen molar-refractivity contribution in [3.05, 3.63) is 83.4 Å². The van der Waals surface area contributed by atoms with E-state index in [-0.39, 0.29) is 16.2 Å². The van der Waals surface area contributed by atoms with Crippen LogP contribution in [0.4, 0.5) is 0 Å². The lowest BCUT2D eigenvalue weighted by Gasteiger charge is -2.12. The number of hydrogen-bond donors (Lipinski definition) is 0. The maximum absolute atomic E-state index is 12.6. The van der Waals surface area contributed by atoms with Crippen LogP contribution in [0.1, 0.15) is 21.5 Å². The predicted octanol–water partition coefficient (Wildman–Crippen LogP) is 4.24. The van der Waals surface area contributed by atoms with Gasteiger partial charge in [-0.2, -0.15) is 5.26 Å². The van der Waals surface area contributed by atoms with Gasteiger partial charge in [0, 0.05) is 14.1 Å². The molecule has 0 atom stereocenters. The number of nitriles is 1. The lowest BCUT2D eigenvalue weighted by atomic mass is 10.0. The van der Waals surface area contributed by atoms with Gasteiger partial charge in [-0.25, -0.2) is 17.5 Å². The molecule has 9 heteroatoms. The fourth-order valence-corrected chi connectivity index (χ4v) is 4.01. The van der Waals surface area contributed by atoms with Crippen molar-refractivity contribution in [2.45, 2.75) is 4.90 Å². The molecule has 3 rings (SSSR count). The number of hydrogen-bond acceptors (Lipinski definition) is 7. The molecule has 0 radical (unpaired) electrons. The standard InChI is InChI=1S/C26H24N2O6S/c1-28(2)35(30,31)23-12-8-20(9-13-23)26(29)34-24-14-5-18(16-25(24)33-4)15-21(17-27)19-6-10-22(32-3)11-7-19/h5-16H,1-4H3/b21-15-. The molecule has 0 saturated carbocycles. The van der Waals surface area contributed by atoms with Gasteiger partial charge in [-0.3, -0.25) is 0 Å². The Bertz CT molecular complexity index is 1390. The Morgan fingerprint density at radius 1 is 0.886 bits per heavy atom. The Kier molecular flexibility index (Phi) is 7.91. The number of nitrogens with zero attached hydrogens (tertiary/aromatic N) is 2. The summed E-state index contributed by atoms with van der Waals surface area (Å²) in [5.74, 6) is 0.498. The molecular weight excluding hydrogens is 468 g/mol. The van der Waals surface area contributed by atoms with Crippen molar-refractivity contribution in [3.8, 4) is 23.3 Å². The van der Waals surface area contributed by atoms with E-state index in [4.69, 9.17) is 14.2 Å². The Labute approximate surface area is 204 Å². The second kappa shape index (κ2) is 10.9. The van der Waals surface area contributed by atoms with Crippen molar-refractivity contribution in [2.24, 2.45) is 0 Å². The minimum atomic E-state index is -3.60. The quantitative estimate of drug-likeness (QED) is 0.200. The van der Waals surface area contributed by atoms with Gasteiger partial charge in [-0.05, 0) is 77.9 Å². The van der Waals surface area contributed by atoms with E-state index in [1.54, 1.807) is 55.7 Å². The van der Waals surface area contributed by atoms with Gasteiger partial charge < -0.3 is 14.2 Å². The van der Waals surface area contributed by atoms with Crippen molar-refractivity contribution >= 4 is 27.6 Å². The van der Waals surface area contributed by atoms with Crippen LogP contribution in [-0.4, -0.2) is 47.0 Å². The van der Waals surface area contributed by atoms with E-state index in [9.17, 15) is 18.5 Å². The van der Waals surface area contributed by atoms with Crippen molar-refractivity contribution in [3.63, 3.8) is 0 Å². The highest BCUT2D eigenvalue weighted by Gasteiger charge is 2.19. The number of sulfonamides is 1. The highest BCUT2D eigenvalue weighted by molar-refractivity contribution is 7.89. The van der Waals surface area contributed by atoms with E-state index in [0.717, 1.165) is 9.87 Å². The number of methoxy groups -OCH3 is 2. The first-order valence-electron chi connectivity index (χ1n) is 10.4. The van der Waals surface area contributed by atoms with Gasteiger partial charge in [0.05, 0.1) is 36.3 Å². The van der Waals surface area contributed by atoms with E-state index in [1.165, 1.54) is 45.5 Å². The first kappa shape index (κ1) is 25.5. The Balaban J connectivity index is 1.82. The molecule has 0 N–H and O–H groups in total. The predicted molar refractivity (Wildman–Crippen MR) is 132 cm³/mol. The molecule has 3 aromatic rings. The highest BCUT2D eigenvalue weighted by Crippen LogP contribution is 2.31. The number of rotatable bonds is 8. The molecule has 0 saturated heterocycles. The third kappa shape index (κ3) is 5.87. The zero-order valence-corrected chi connectivity index (χ0v) is 20.5. The molecule has 0 fully saturated rings. The topological polar surface area (TPSA) is 106 Å². The van der Waals surface area contributed by atoms with Crippen LogP contribution >= 0.6 is 0 Å². The van der Waals surface area contributed by atoms with Crippen LogP contribution in [0.5, 0.6) is 17.2 Å². The Morgan fingerprint density at radius 2 is 1.51 bits per heavy atom. The van der Waals surface area contributed by atoms with Crippen LogP contribution in [-0.2, 0) is 10.0 Å². The van der Waals surface area contributed by atoms with Gasteiger partial charge in [0.25, 0.3) is 0 Å². The molecule has 0 unspecified atom stereocenters. The van der Waals surface area contributed by atoms with Crippen molar-refractivity contribution in [1.29, 1.82) is 5.26 Å². The molecule has 0 bridgehead atoms. The first-order valence-corrected chi connectivity index (χ1v) is 11.8. The van der Waals surface area contributed by atoms with E-state index in [1.807, 2.05) is 0 Å². The van der Waals surface area contributed by atoms with Crippen LogP contribution in [0.25, 0.3) is 11.6 Å². The molecule has 0 amide bonds. The van der Waals surface area contributed by atoms with E-state index in [2.05, 4.69) is 6.07 Å². The summed E-state index contributed by atoms with van der Waals surface area (Å²) >= 11 is 0. The lowest BCUT2D eigenvalue weighted by molar-refractivity contribution is 0.0729. The molecule has 0 spiro atoms. The summed E-state index contributed by atoms with van der Waals surface area (Å²) in [7, 11) is 2.27. The average molecular weight is 493 g/mol. The fraction of sp³-hybridized carbons (Fsp3) is 0.154. The maximum Gasteiger partial charge on any atom is 0.343 e. The minimum absolute atomic E-state index is 0.0675. The van der Waals surface area contributed by atoms with Crippen LogP contribution < -0.4 is 14.2 Å². The van der Waals surface area contributed by atoms with Crippen LogP contribution in [0.3, 0.4) is 0 Å². The molecule has 0 aliphatic heterocycles. The molecule has 35 heavy (non-hydrogen) atoms. The number of carbonyl (C=O) groups is 1. The van der Waals surface area contributed by atoms with E-state index in [0.29, 0.717) is 22.6 Å². The number of esters is 1.